The van der Waals surface area contributed by atoms with Crippen LogP contribution < -0.4 is 5.32 Å². The van der Waals surface area contributed by atoms with Crippen LogP contribution >= 0.6 is 0 Å². The van der Waals surface area contributed by atoms with E-state index in [-0.39, 0.29) is 36.9 Å². The number of allylic oxidation sites excluding steroid dienone is 2. The maximum Gasteiger partial charge on any atom is 0.329 e. The van der Waals surface area contributed by atoms with Crippen LogP contribution in [0.5, 0.6) is 0 Å². The van der Waals surface area contributed by atoms with E-state index < -0.39 is 12.0 Å². The van der Waals surface area contributed by atoms with E-state index in [2.05, 4.69) is 62.2 Å². The van der Waals surface area contributed by atoms with Gasteiger partial charge in [-0.25, -0.2) is 4.79 Å². The molecule has 7 nitrogen and oxygen atoms in total. The Bertz CT molecular complexity index is 1150. The van der Waals surface area contributed by atoms with Gasteiger partial charge in [0.15, 0.2) is 0 Å². The molecule has 0 spiro atoms. The van der Waals surface area contributed by atoms with Crippen molar-refractivity contribution in [1.82, 2.24) is 10.2 Å². The monoisotopic (exact) mass is 957 g/mol. The molecule has 0 fully saturated rings. The number of rotatable bonds is 53. The summed E-state index contributed by atoms with van der Waals surface area (Å²) in [6, 6.07) is -0.899. The van der Waals surface area contributed by atoms with Crippen LogP contribution in [-0.4, -0.2) is 61.6 Å². The van der Waals surface area contributed by atoms with Crippen molar-refractivity contribution in [3.8, 4) is 0 Å². The second kappa shape index (κ2) is 52.7. The fourth-order valence-electron chi connectivity index (χ4n) is 9.14. The first-order valence-corrected chi connectivity index (χ1v) is 29.9. The zero-order chi connectivity index (χ0) is 49.8. The summed E-state index contributed by atoms with van der Waals surface area (Å²) in [5, 5.41) is 2.99. The van der Waals surface area contributed by atoms with E-state index in [1.165, 1.54) is 193 Å². The van der Waals surface area contributed by atoms with Gasteiger partial charge in [-0.2, -0.15) is 0 Å². The number of carbonyl (C=O) groups excluding carboxylic acids is 3. The summed E-state index contributed by atoms with van der Waals surface area (Å²) < 4.78 is 12.4. The summed E-state index contributed by atoms with van der Waals surface area (Å²) >= 11 is 0. The predicted octanol–water partition coefficient (Wildman–Crippen LogP) is 18.2. The zero-order valence-corrected chi connectivity index (χ0v) is 46.3. The third-order valence-electron chi connectivity index (χ3n) is 13.7. The highest BCUT2D eigenvalue weighted by Crippen LogP contribution is 2.19. The molecule has 68 heavy (non-hydrogen) atoms. The van der Waals surface area contributed by atoms with E-state index in [4.69, 9.17) is 9.47 Å². The molecule has 0 aromatic rings. The third kappa shape index (κ3) is 47.5. The molecule has 0 bridgehead atoms. The summed E-state index contributed by atoms with van der Waals surface area (Å²) in [5.74, 6) is -0.941. The quantitative estimate of drug-likeness (QED) is 0.0371. The minimum atomic E-state index is -0.899. The molecular formula is C61H116N2O5. The Kier molecular flexibility index (Phi) is 51.0. The maximum atomic E-state index is 14.0. The first kappa shape index (κ1) is 65.8. The van der Waals surface area contributed by atoms with Crippen molar-refractivity contribution >= 4 is 17.8 Å². The van der Waals surface area contributed by atoms with E-state index in [0.717, 1.165) is 70.8 Å². The molecule has 0 aliphatic rings. The zero-order valence-electron chi connectivity index (χ0n) is 46.3. The van der Waals surface area contributed by atoms with Crippen LogP contribution in [0, 0.1) is 0 Å². The molecule has 0 heterocycles. The Morgan fingerprint density at radius 2 is 0.750 bits per heavy atom. The average molecular weight is 958 g/mol. The van der Waals surface area contributed by atoms with Crippen LogP contribution in [0.2, 0.25) is 0 Å². The fraction of sp³-hybridized carbons (Fsp3) is 0.885. The molecule has 3 atom stereocenters. The molecule has 0 aliphatic carbocycles. The highest BCUT2D eigenvalue weighted by Gasteiger charge is 2.26. The van der Waals surface area contributed by atoms with Gasteiger partial charge < -0.3 is 19.7 Å². The predicted molar refractivity (Wildman–Crippen MR) is 294 cm³/mol. The molecule has 1 N–H and O–H groups in total. The van der Waals surface area contributed by atoms with Crippen molar-refractivity contribution < 1.29 is 23.9 Å². The topological polar surface area (TPSA) is 84.9 Å². The van der Waals surface area contributed by atoms with Gasteiger partial charge in [0.2, 0.25) is 5.91 Å². The normalized spacial score (nSPS) is 13.2. The van der Waals surface area contributed by atoms with Gasteiger partial charge in [0.1, 0.15) is 18.2 Å². The molecule has 0 radical (unpaired) electrons. The van der Waals surface area contributed by atoms with Gasteiger partial charge in [-0.3, -0.25) is 9.59 Å². The van der Waals surface area contributed by atoms with Crippen molar-refractivity contribution in [2.24, 2.45) is 0 Å². The average Bonchev–Trinajstić information content (AvgIpc) is 3.32. The minimum absolute atomic E-state index is 0.0508. The van der Waals surface area contributed by atoms with Crippen LogP contribution in [0.1, 0.15) is 310 Å². The molecular weight excluding hydrogens is 841 g/mol. The standard InChI is InChI=1S/C61H116N2O5/c1-7-11-15-19-23-27-29-31-33-37-40-44-49-56(48-43-39-35-25-21-17-13-9-3)67-60(65)54-53-58(62-59(64)52-47-55-63(5)6)61(66)68-57(50-45-41-36-26-22-18-14-10-4)51-46-42-38-34-32-30-28-24-20-16-12-8-2/h43,45,48,50,56-58H,7-42,44,46-47,49,51-55H2,1-6H3,(H,62,64)/b48-43+,50-45+. The molecule has 0 aromatic carbocycles. The molecule has 400 valence electrons. The van der Waals surface area contributed by atoms with Gasteiger partial charge in [0.05, 0.1) is 0 Å². The van der Waals surface area contributed by atoms with E-state index in [0.29, 0.717) is 12.8 Å². The molecule has 3 unspecified atom stereocenters. The molecule has 7 heteroatoms. The Labute approximate surface area is 423 Å². The number of nitrogens with one attached hydrogen (secondary N) is 1. The highest BCUT2D eigenvalue weighted by atomic mass is 16.5. The molecule has 0 saturated heterocycles. The maximum absolute atomic E-state index is 14.0. The summed E-state index contributed by atoms with van der Waals surface area (Å²) in [4.78, 5) is 42.9. The number of nitrogens with zero attached hydrogens (tertiary/aromatic N) is 1. The lowest BCUT2D eigenvalue weighted by atomic mass is 10.0. The number of esters is 2. The van der Waals surface area contributed by atoms with Crippen LogP contribution in [0.3, 0.4) is 0 Å². The number of carbonyl (C=O) groups is 3. The van der Waals surface area contributed by atoms with Crippen molar-refractivity contribution in [3.63, 3.8) is 0 Å². The van der Waals surface area contributed by atoms with E-state index >= 15 is 0 Å². The fourth-order valence-corrected chi connectivity index (χ4v) is 9.14. The van der Waals surface area contributed by atoms with Crippen LogP contribution in [-0.2, 0) is 23.9 Å². The highest BCUT2D eigenvalue weighted by molar-refractivity contribution is 5.85. The smallest absolute Gasteiger partial charge is 0.329 e. The molecule has 0 aliphatic heterocycles. The van der Waals surface area contributed by atoms with Gasteiger partial charge in [0.25, 0.3) is 0 Å². The lowest BCUT2D eigenvalue weighted by molar-refractivity contribution is -0.152. The number of hydrogen-bond acceptors (Lipinski definition) is 6. The first-order chi connectivity index (χ1) is 33.3. The van der Waals surface area contributed by atoms with Crippen molar-refractivity contribution in [2.75, 3.05) is 20.6 Å². The van der Waals surface area contributed by atoms with E-state index in [1.807, 2.05) is 14.1 Å². The SMILES string of the molecule is CCCCCCCC/C=C/C(CCCCCCCCCCCCCC)OC(=O)CCC(NC(=O)CCCN(C)C)C(=O)OC(/C=C/CCCCCCCC)CCCCCCCCCCCCCC. The lowest BCUT2D eigenvalue weighted by Crippen LogP contribution is -2.43. The van der Waals surface area contributed by atoms with Crippen molar-refractivity contribution in [2.45, 2.75) is 328 Å². The summed E-state index contributed by atoms with van der Waals surface area (Å²) in [5.41, 5.74) is 0. The van der Waals surface area contributed by atoms with E-state index in [1.54, 1.807) is 0 Å². The number of ether oxygens (including phenoxy) is 2. The Morgan fingerprint density at radius 1 is 0.412 bits per heavy atom. The minimum Gasteiger partial charge on any atom is -0.458 e. The molecule has 0 aromatic heterocycles. The summed E-state index contributed by atoms with van der Waals surface area (Å²) in [7, 11) is 3.99. The molecule has 0 rings (SSSR count). The largest absolute Gasteiger partial charge is 0.458 e. The number of hydrogen-bond donors (Lipinski definition) is 1. The summed E-state index contributed by atoms with van der Waals surface area (Å²) in [6.45, 7) is 9.84. The van der Waals surface area contributed by atoms with Crippen LogP contribution in [0.25, 0.3) is 0 Å². The first-order valence-electron chi connectivity index (χ1n) is 29.9. The second-order valence-corrected chi connectivity index (χ2v) is 20.9. The van der Waals surface area contributed by atoms with Gasteiger partial charge in [0, 0.05) is 12.8 Å². The van der Waals surface area contributed by atoms with Crippen molar-refractivity contribution in [3.05, 3.63) is 24.3 Å². The Morgan fingerprint density at radius 3 is 1.12 bits per heavy atom. The Hall–Kier alpha value is -2.15. The molecule has 1 amide bonds. The number of amides is 1. The third-order valence-corrected chi connectivity index (χ3v) is 13.7. The lowest BCUT2D eigenvalue weighted by Gasteiger charge is -2.22. The van der Waals surface area contributed by atoms with Gasteiger partial charge in [-0.1, -0.05) is 245 Å². The van der Waals surface area contributed by atoms with E-state index in [9.17, 15) is 14.4 Å². The van der Waals surface area contributed by atoms with Gasteiger partial charge in [-0.05, 0) is 97.0 Å². The summed E-state index contributed by atoms with van der Waals surface area (Å²) in [6.07, 6.45) is 58.7. The second-order valence-electron chi connectivity index (χ2n) is 20.9. The molecule has 0 saturated carbocycles. The van der Waals surface area contributed by atoms with Gasteiger partial charge in [-0.15, -0.1) is 0 Å². The van der Waals surface area contributed by atoms with Crippen LogP contribution in [0.15, 0.2) is 24.3 Å². The van der Waals surface area contributed by atoms with Crippen LogP contribution in [0.4, 0.5) is 0 Å². The van der Waals surface area contributed by atoms with Gasteiger partial charge >= 0.3 is 11.9 Å². The number of unbranched alkanes of at least 4 members (excludes halogenated alkanes) is 34. The van der Waals surface area contributed by atoms with Crippen molar-refractivity contribution in [1.29, 1.82) is 0 Å². The Balaban J connectivity index is 5.59.